The molecule has 0 aromatic rings. The maximum Gasteiger partial charge on any atom is 0.390 e. The molecule has 0 spiro atoms. The predicted octanol–water partition coefficient (Wildman–Crippen LogP) is 4.28. The van der Waals surface area contributed by atoms with Crippen LogP contribution in [-0.4, -0.2) is 19.3 Å². The van der Waals surface area contributed by atoms with Crippen LogP contribution in [0.2, 0.25) is 0 Å². The Morgan fingerprint density at radius 3 is 2.06 bits per heavy atom. The van der Waals surface area contributed by atoms with Gasteiger partial charge in [0.1, 0.15) is 0 Å². The van der Waals surface area contributed by atoms with Gasteiger partial charge in [-0.15, -0.1) is 0 Å². The molecular formula is C12H24F3N. The fraction of sp³-hybridized carbons (Fsp3) is 1.00. The molecule has 0 aliphatic rings. The van der Waals surface area contributed by atoms with Gasteiger partial charge >= 0.3 is 6.18 Å². The Hall–Kier alpha value is -0.250. The molecule has 0 aliphatic carbocycles. The third kappa shape index (κ3) is 10.3. The average Bonchev–Trinajstić information content (AvgIpc) is 2.19. The van der Waals surface area contributed by atoms with Crippen molar-refractivity contribution in [2.45, 2.75) is 70.5 Å². The van der Waals surface area contributed by atoms with Crippen molar-refractivity contribution in [3.8, 4) is 0 Å². The predicted molar refractivity (Wildman–Crippen MR) is 61.5 cm³/mol. The summed E-state index contributed by atoms with van der Waals surface area (Å²) >= 11 is 0. The van der Waals surface area contributed by atoms with Gasteiger partial charge in [0.05, 0.1) is 6.42 Å². The first kappa shape index (κ1) is 15.8. The van der Waals surface area contributed by atoms with E-state index in [1.165, 1.54) is 19.3 Å². The van der Waals surface area contributed by atoms with Gasteiger partial charge in [0.15, 0.2) is 0 Å². The van der Waals surface area contributed by atoms with E-state index in [2.05, 4.69) is 12.2 Å². The number of nitrogens with one attached hydrogen (secondary N) is 1. The van der Waals surface area contributed by atoms with Crippen molar-refractivity contribution in [1.82, 2.24) is 5.32 Å². The Kier molecular flexibility index (Phi) is 8.71. The number of hydrogen-bond donors (Lipinski definition) is 1. The van der Waals surface area contributed by atoms with Gasteiger partial charge in [-0.1, -0.05) is 45.4 Å². The summed E-state index contributed by atoms with van der Waals surface area (Å²) in [4.78, 5) is 0. The van der Waals surface area contributed by atoms with Crippen LogP contribution in [0.25, 0.3) is 0 Å². The van der Waals surface area contributed by atoms with E-state index in [-0.39, 0.29) is 0 Å². The molecule has 0 fully saturated rings. The van der Waals surface area contributed by atoms with Crippen LogP contribution >= 0.6 is 0 Å². The highest BCUT2D eigenvalue weighted by molar-refractivity contribution is 4.69. The second-order valence-electron chi connectivity index (χ2n) is 4.36. The van der Waals surface area contributed by atoms with Crippen molar-refractivity contribution in [3.63, 3.8) is 0 Å². The smallest absolute Gasteiger partial charge is 0.317 e. The minimum atomic E-state index is -4.05. The fourth-order valence-corrected chi connectivity index (χ4v) is 1.80. The number of unbranched alkanes of at least 4 members (excludes halogenated alkanes) is 5. The molecule has 0 heterocycles. The van der Waals surface area contributed by atoms with Crippen LogP contribution in [0.3, 0.4) is 0 Å². The van der Waals surface area contributed by atoms with E-state index >= 15 is 0 Å². The Bertz CT molecular complexity index is 157. The van der Waals surface area contributed by atoms with E-state index < -0.39 is 18.6 Å². The first-order valence-electron chi connectivity index (χ1n) is 6.23. The largest absolute Gasteiger partial charge is 0.390 e. The maximum atomic E-state index is 12.1. The molecule has 0 saturated heterocycles. The van der Waals surface area contributed by atoms with E-state index in [1.54, 1.807) is 7.05 Å². The molecule has 0 bridgehead atoms. The van der Waals surface area contributed by atoms with E-state index in [4.69, 9.17) is 0 Å². The molecule has 4 heteroatoms. The normalized spacial score (nSPS) is 14.1. The summed E-state index contributed by atoms with van der Waals surface area (Å²) in [5.74, 6) is 0. The first-order valence-corrected chi connectivity index (χ1v) is 6.23. The van der Waals surface area contributed by atoms with Crippen LogP contribution in [-0.2, 0) is 0 Å². The highest BCUT2D eigenvalue weighted by atomic mass is 19.4. The van der Waals surface area contributed by atoms with Crippen molar-refractivity contribution in [2.24, 2.45) is 0 Å². The van der Waals surface area contributed by atoms with Crippen LogP contribution in [0.15, 0.2) is 0 Å². The quantitative estimate of drug-likeness (QED) is 0.592. The van der Waals surface area contributed by atoms with Gasteiger partial charge in [0.25, 0.3) is 0 Å². The summed E-state index contributed by atoms with van der Waals surface area (Å²) < 4.78 is 36.4. The Morgan fingerprint density at radius 2 is 1.56 bits per heavy atom. The van der Waals surface area contributed by atoms with Crippen LogP contribution in [0, 0.1) is 0 Å². The van der Waals surface area contributed by atoms with E-state index in [9.17, 15) is 13.2 Å². The monoisotopic (exact) mass is 239 g/mol. The molecule has 0 aromatic carbocycles. The third-order valence-electron chi connectivity index (χ3n) is 2.79. The number of alkyl halides is 3. The number of hydrogen-bond acceptors (Lipinski definition) is 1. The summed E-state index contributed by atoms with van der Waals surface area (Å²) in [6, 6.07) is -0.411. The van der Waals surface area contributed by atoms with Crippen molar-refractivity contribution in [1.29, 1.82) is 0 Å². The first-order chi connectivity index (χ1) is 7.49. The molecule has 1 nitrogen and oxygen atoms in total. The highest BCUT2D eigenvalue weighted by Crippen LogP contribution is 2.23. The lowest BCUT2D eigenvalue weighted by Crippen LogP contribution is -2.30. The van der Waals surface area contributed by atoms with Gasteiger partial charge in [-0.25, -0.2) is 0 Å². The van der Waals surface area contributed by atoms with Gasteiger partial charge < -0.3 is 5.32 Å². The zero-order valence-electron chi connectivity index (χ0n) is 10.4. The molecular weight excluding hydrogens is 215 g/mol. The van der Waals surface area contributed by atoms with Crippen molar-refractivity contribution in [3.05, 3.63) is 0 Å². The van der Waals surface area contributed by atoms with Crippen molar-refractivity contribution >= 4 is 0 Å². The maximum absolute atomic E-state index is 12.1. The zero-order valence-corrected chi connectivity index (χ0v) is 10.4. The van der Waals surface area contributed by atoms with Gasteiger partial charge in [0, 0.05) is 6.04 Å². The molecule has 1 atom stereocenters. The Morgan fingerprint density at radius 1 is 1.00 bits per heavy atom. The van der Waals surface area contributed by atoms with Crippen LogP contribution in [0.4, 0.5) is 13.2 Å². The minimum absolute atomic E-state index is 0.411. The summed E-state index contributed by atoms with van der Waals surface area (Å²) in [6.07, 6.45) is 2.61. The molecule has 0 radical (unpaired) electrons. The topological polar surface area (TPSA) is 12.0 Å². The lowest BCUT2D eigenvalue weighted by atomic mass is 10.0. The average molecular weight is 239 g/mol. The molecule has 98 valence electrons. The molecule has 0 aliphatic heterocycles. The van der Waals surface area contributed by atoms with Gasteiger partial charge in [-0.2, -0.15) is 13.2 Å². The second-order valence-corrected chi connectivity index (χ2v) is 4.36. The summed E-state index contributed by atoms with van der Waals surface area (Å²) in [6.45, 7) is 2.15. The van der Waals surface area contributed by atoms with Crippen molar-refractivity contribution < 1.29 is 13.2 Å². The van der Waals surface area contributed by atoms with E-state index in [1.807, 2.05) is 0 Å². The third-order valence-corrected chi connectivity index (χ3v) is 2.79. The summed E-state index contributed by atoms with van der Waals surface area (Å²) in [7, 11) is 1.60. The standard InChI is InChI=1S/C12H24F3N/c1-3-4-5-6-7-8-9-11(16-2)10-12(13,14)15/h11,16H,3-10H2,1-2H3. The SMILES string of the molecule is CCCCCCCCC(CC(F)(F)F)NC. The summed E-state index contributed by atoms with van der Waals surface area (Å²) in [5, 5.41) is 2.74. The molecule has 0 rings (SSSR count). The zero-order chi connectivity index (χ0) is 12.4. The number of rotatable bonds is 9. The molecule has 0 amide bonds. The molecule has 0 saturated carbocycles. The van der Waals surface area contributed by atoms with Gasteiger partial charge in [0.2, 0.25) is 0 Å². The molecule has 0 aromatic heterocycles. The van der Waals surface area contributed by atoms with Gasteiger partial charge in [-0.3, -0.25) is 0 Å². The van der Waals surface area contributed by atoms with Crippen molar-refractivity contribution in [2.75, 3.05) is 7.05 Å². The molecule has 1 N–H and O–H groups in total. The Balaban J connectivity index is 3.48. The van der Waals surface area contributed by atoms with E-state index in [0.29, 0.717) is 6.42 Å². The van der Waals surface area contributed by atoms with Crippen LogP contribution in [0.1, 0.15) is 58.3 Å². The highest BCUT2D eigenvalue weighted by Gasteiger charge is 2.30. The van der Waals surface area contributed by atoms with Crippen LogP contribution in [0.5, 0.6) is 0 Å². The fourth-order valence-electron chi connectivity index (χ4n) is 1.80. The number of halogens is 3. The molecule has 16 heavy (non-hydrogen) atoms. The van der Waals surface area contributed by atoms with Crippen LogP contribution < -0.4 is 5.32 Å². The molecule has 1 unspecified atom stereocenters. The second kappa shape index (κ2) is 8.85. The lowest BCUT2D eigenvalue weighted by Gasteiger charge is -2.17. The Labute approximate surface area is 96.8 Å². The lowest BCUT2D eigenvalue weighted by molar-refractivity contribution is -0.140. The van der Waals surface area contributed by atoms with Gasteiger partial charge in [-0.05, 0) is 13.5 Å². The van der Waals surface area contributed by atoms with E-state index in [0.717, 1.165) is 19.3 Å². The summed E-state index contributed by atoms with van der Waals surface area (Å²) in [5.41, 5.74) is 0. The minimum Gasteiger partial charge on any atom is -0.317 e.